The van der Waals surface area contributed by atoms with Crippen LogP contribution in [0.1, 0.15) is 113 Å². The maximum atomic E-state index is 12.8. The van der Waals surface area contributed by atoms with E-state index in [-0.39, 0.29) is 39.3 Å². The van der Waals surface area contributed by atoms with Crippen molar-refractivity contribution in [1.82, 2.24) is 0 Å². The molecule has 0 spiro atoms. The van der Waals surface area contributed by atoms with Gasteiger partial charge in [-0.3, -0.25) is 4.79 Å². The molecule has 5 fully saturated rings. The van der Waals surface area contributed by atoms with Crippen LogP contribution in [0.3, 0.4) is 0 Å². The maximum Gasteiger partial charge on any atom is 0.310 e. The summed E-state index contributed by atoms with van der Waals surface area (Å²) in [5, 5.41) is 10.6. The molecule has 4 nitrogen and oxygen atoms in total. The van der Waals surface area contributed by atoms with Crippen molar-refractivity contribution in [3.63, 3.8) is 0 Å². The topological polar surface area (TPSA) is 55.8 Å². The Morgan fingerprint density at radius 2 is 1.64 bits per heavy atom. The molecular weight excluding hydrogens is 448 g/mol. The number of aliphatic carboxylic acids is 1. The van der Waals surface area contributed by atoms with Gasteiger partial charge in [-0.05, 0) is 111 Å². The van der Waals surface area contributed by atoms with Gasteiger partial charge in [0.15, 0.2) is 6.29 Å². The molecule has 202 valence electrons. The fourth-order valence-electron chi connectivity index (χ4n) is 11.4. The number of hydrogen-bond donors (Lipinski definition) is 1. The quantitative estimate of drug-likeness (QED) is 0.378. The van der Waals surface area contributed by atoms with Gasteiger partial charge in [0.2, 0.25) is 0 Å². The molecule has 0 aromatic rings. The molecule has 1 saturated heterocycles. The van der Waals surface area contributed by atoms with E-state index in [1.165, 1.54) is 24.8 Å². The molecule has 1 N–H and O–H groups in total. The first-order chi connectivity index (χ1) is 16.7. The first kappa shape index (κ1) is 25.4. The van der Waals surface area contributed by atoms with Crippen molar-refractivity contribution in [2.45, 2.75) is 125 Å². The number of carboxylic acids is 1. The highest BCUT2D eigenvalue weighted by atomic mass is 16.7. The van der Waals surface area contributed by atoms with Gasteiger partial charge in [0.25, 0.3) is 0 Å². The third-order valence-corrected chi connectivity index (χ3v) is 13.8. The molecule has 6 rings (SSSR count). The van der Waals surface area contributed by atoms with Crippen molar-refractivity contribution < 1.29 is 19.4 Å². The van der Waals surface area contributed by atoms with Gasteiger partial charge in [-0.15, -0.1) is 0 Å². The minimum absolute atomic E-state index is 0.0862. The van der Waals surface area contributed by atoms with Gasteiger partial charge in [0, 0.05) is 5.41 Å². The van der Waals surface area contributed by atoms with Crippen molar-refractivity contribution in [3.05, 3.63) is 11.6 Å². The minimum atomic E-state index is -0.551. The maximum absolute atomic E-state index is 12.8. The summed E-state index contributed by atoms with van der Waals surface area (Å²) in [5.74, 6) is 0.897. The normalized spacial score (nSPS) is 55.6. The molecule has 0 bridgehead atoms. The monoisotopic (exact) mass is 498 g/mol. The van der Waals surface area contributed by atoms with Crippen LogP contribution < -0.4 is 0 Å². The fourth-order valence-corrected chi connectivity index (χ4v) is 11.4. The van der Waals surface area contributed by atoms with E-state index in [0.717, 1.165) is 51.6 Å². The Kier molecular flexibility index (Phi) is 5.38. The first-order valence-electron chi connectivity index (χ1n) is 14.9. The van der Waals surface area contributed by atoms with Crippen molar-refractivity contribution in [3.8, 4) is 0 Å². The zero-order chi connectivity index (χ0) is 25.9. The zero-order valence-corrected chi connectivity index (χ0v) is 23.9. The van der Waals surface area contributed by atoms with Crippen molar-refractivity contribution in [2.24, 2.45) is 50.2 Å². The van der Waals surface area contributed by atoms with Gasteiger partial charge in [-0.25, -0.2) is 0 Å². The molecule has 6 aliphatic rings. The average Bonchev–Trinajstić information content (AvgIpc) is 2.79. The van der Waals surface area contributed by atoms with Crippen molar-refractivity contribution >= 4 is 5.97 Å². The largest absolute Gasteiger partial charge is 0.481 e. The van der Waals surface area contributed by atoms with Crippen molar-refractivity contribution in [1.29, 1.82) is 0 Å². The number of ether oxygens (including phenoxy) is 2. The second kappa shape index (κ2) is 7.62. The van der Waals surface area contributed by atoms with E-state index < -0.39 is 11.4 Å². The lowest BCUT2D eigenvalue weighted by molar-refractivity contribution is -0.309. The molecule has 0 aromatic carbocycles. The highest BCUT2D eigenvalue weighted by molar-refractivity contribution is 5.76. The second-order valence-electron chi connectivity index (χ2n) is 15.7. The Labute approximate surface area is 219 Å². The molecule has 4 heteroatoms. The Balaban J connectivity index is 1.40. The average molecular weight is 499 g/mol. The Morgan fingerprint density at radius 1 is 0.917 bits per heavy atom. The molecule has 5 aliphatic carbocycles. The van der Waals surface area contributed by atoms with E-state index >= 15 is 0 Å². The molecule has 2 unspecified atom stereocenters. The van der Waals surface area contributed by atoms with Crippen LogP contribution >= 0.6 is 0 Å². The van der Waals surface area contributed by atoms with Gasteiger partial charge in [-0.2, -0.15) is 0 Å². The lowest BCUT2D eigenvalue weighted by atomic mass is 9.33. The third kappa shape index (κ3) is 3.04. The SMILES string of the molecule is CC1OC[C@]2(C)C3CC[C@]4(C)[C@H](CC=C5[C@H]6CC(C)(C)CC[C@]6(C(=O)O)CC[C@]54C)[C@@]3(C)CC[C@H]2O1. The van der Waals surface area contributed by atoms with E-state index in [0.29, 0.717) is 17.9 Å². The van der Waals surface area contributed by atoms with Crippen LogP contribution in [0, 0.1) is 50.2 Å². The molecule has 0 radical (unpaired) electrons. The zero-order valence-electron chi connectivity index (χ0n) is 23.9. The molecule has 1 aliphatic heterocycles. The number of hydrogen-bond acceptors (Lipinski definition) is 3. The number of rotatable bonds is 1. The van der Waals surface area contributed by atoms with E-state index in [2.05, 4.69) is 47.6 Å². The van der Waals surface area contributed by atoms with Crippen LogP contribution in [0.15, 0.2) is 11.6 Å². The Bertz CT molecular complexity index is 985. The van der Waals surface area contributed by atoms with Crippen LogP contribution in [0.2, 0.25) is 0 Å². The van der Waals surface area contributed by atoms with Gasteiger partial charge < -0.3 is 14.6 Å². The summed E-state index contributed by atoms with van der Waals surface area (Å²) in [6.07, 6.45) is 13.5. The lowest BCUT2D eigenvalue weighted by Crippen LogP contribution is -2.67. The predicted molar refractivity (Wildman–Crippen MR) is 141 cm³/mol. The van der Waals surface area contributed by atoms with Crippen LogP contribution in [-0.4, -0.2) is 30.1 Å². The molecule has 0 aromatic heterocycles. The summed E-state index contributed by atoms with van der Waals surface area (Å²) in [6, 6.07) is 0. The van der Waals surface area contributed by atoms with Gasteiger partial charge >= 0.3 is 5.97 Å². The molecule has 0 amide bonds. The van der Waals surface area contributed by atoms with Gasteiger partial charge in [-0.1, -0.05) is 53.2 Å². The number of carbonyl (C=O) groups is 1. The van der Waals surface area contributed by atoms with Crippen LogP contribution in [0.25, 0.3) is 0 Å². The predicted octanol–water partition coefficient (Wildman–Crippen LogP) is 7.61. The molecule has 1 heterocycles. The van der Waals surface area contributed by atoms with E-state index in [1.807, 2.05) is 6.92 Å². The number of fused-ring (bicyclic) bond motifs is 9. The Morgan fingerprint density at radius 3 is 2.36 bits per heavy atom. The summed E-state index contributed by atoms with van der Waals surface area (Å²) in [6.45, 7) is 17.8. The molecule has 36 heavy (non-hydrogen) atoms. The Hall–Kier alpha value is -0.870. The standard InChI is InChI=1S/C32H50O4/c1-20-35-19-29(5)23-10-13-31(7)24(28(23,4)12-11-25(29)36-20)9-8-21-22-18-27(2,3)14-16-32(22,26(33)34)17-15-30(21,31)6/h8,20,22-25H,9-19H2,1-7H3,(H,33,34)/t20?,22-,23?,24-,25-,28+,29-,30-,31-,32+/m1/s1. The van der Waals surface area contributed by atoms with Crippen molar-refractivity contribution in [2.75, 3.05) is 6.61 Å². The summed E-state index contributed by atoms with van der Waals surface area (Å²) < 4.78 is 12.5. The smallest absolute Gasteiger partial charge is 0.310 e. The summed E-state index contributed by atoms with van der Waals surface area (Å²) in [7, 11) is 0. The highest BCUT2D eigenvalue weighted by Crippen LogP contribution is 2.76. The number of carboxylic acid groups (broad SMARTS) is 1. The molecular formula is C32H50O4. The van der Waals surface area contributed by atoms with E-state index in [4.69, 9.17) is 9.47 Å². The first-order valence-corrected chi connectivity index (χ1v) is 14.9. The molecule has 10 atom stereocenters. The lowest BCUT2D eigenvalue weighted by Gasteiger charge is -2.71. The van der Waals surface area contributed by atoms with Gasteiger partial charge in [0.05, 0.1) is 18.1 Å². The second-order valence-corrected chi connectivity index (χ2v) is 15.7. The van der Waals surface area contributed by atoms with Crippen LogP contribution in [-0.2, 0) is 14.3 Å². The summed E-state index contributed by atoms with van der Waals surface area (Å²) in [4.78, 5) is 12.8. The fraction of sp³-hybridized carbons (Fsp3) is 0.906. The minimum Gasteiger partial charge on any atom is -0.481 e. The van der Waals surface area contributed by atoms with E-state index in [1.54, 1.807) is 0 Å². The third-order valence-electron chi connectivity index (χ3n) is 13.8. The highest BCUT2D eigenvalue weighted by Gasteiger charge is 2.70. The van der Waals surface area contributed by atoms with Crippen LogP contribution in [0.5, 0.6) is 0 Å². The summed E-state index contributed by atoms with van der Waals surface area (Å²) >= 11 is 0. The van der Waals surface area contributed by atoms with E-state index in [9.17, 15) is 9.90 Å². The van der Waals surface area contributed by atoms with Crippen LogP contribution in [0.4, 0.5) is 0 Å². The summed E-state index contributed by atoms with van der Waals surface area (Å²) in [5.41, 5.74) is 1.85. The van der Waals surface area contributed by atoms with Gasteiger partial charge in [0.1, 0.15) is 0 Å². The number of allylic oxidation sites excluding steroid dienone is 2. The molecule has 4 saturated carbocycles.